The Bertz CT molecular complexity index is 1240. The van der Waals surface area contributed by atoms with Gasteiger partial charge in [-0.05, 0) is 37.6 Å². The van der Waals surface area contributed by atoms with Crippen LogP contribution in [0.1, 0.15) is 21.5 Å². The molecule has 0 saturated carbocycles. The van der Waals surface area contributed by atoms with Crippen molar-refractivity contribution >= 4 is 23.1 Å². The third kappa shape index (κ3) is 3.58. The molecule has 7 heteroatoms. The number of hydrogen-bond acceptors (Lipinski definition) is 4. The Kier molecular flexibility index (Phi) is 4.56. The Hall–Kier alpha value is -4.00. The van der Waals surface area contributed by atoms with Crippen LogP contribution >= 0.6 is 0 Å². The molecule has 144 valence electrons. The van der Waals surface area contributed by atoms with Crippen LogP contribution < -0.4 is 5.32 Å². The molecule has 2 heterocycles. The minimum atomic E-state index is -0.522. The quantitative estimate of drug-likeness (QED) is 0.404. The number of nitrogens with one attached hydrogen (secondary N) is 1. The zero-order chi connectivity index (χ0) is 20.5. The number of nitro benzene ring substituents is 1. The van der Waals surface area contributed by atoms with Crippen molar-refractivity contribution in [2.75, 3.05) is 5.32 Å². The number of aromatic nitrogens is 2. The molecule has 2 aromatic carbocycles. The summed E-state index contributed by atoms with van der Waals surface area (Å²) in [6, 6.07) is 17.4. The van der Waals surface area contributed by atoms with E-state index in [0.717, 1.165) is 16.7 Å². The minimum Gasteiger partial charge on any atom is -0.306 e. The van der Waals surface area contributed by atoms with Gasteiger partial charge in [0.1, 0.15) is 17.2 Å². The van der Waals surface area contributed by atoms with E-state index in [2.05, 4.69) is 5.32 Å². The summed E-state index contributed by atoms with van der Waals surface area (Å²) in [6.45, 7) is 3.98. The lowest BCUT2D eigenvalue weighted by atomic mass is 10.1. The second-order valence-corrected chi connectivity index (χ2v) is 6.87. The normalized spacial score (nSPS) is 10.8. The highest BCUT2D eigenvalue weighted by atomic mass is 16.6. The minimum absolute atomic E-state index is 0.134. The number of rotatable bonds is 4. The van der Waals surface area contributed by atoms with E-state index in [0.29, 0.717) is 17.2 Å². The molecular weight excluding hydrogens is 368 g/mol. The molecule has 1 amide bonds. The number of hydrogen-bond donors (Lipinski definition) is 1. The fourth-order valence-electron chi connectivity index (χ4n) is 3.12. The van der Waals surface area contributed by atoms with Gasteiger partial charge in [0, 0.05) is 29.5 Å². The topological polar surface area (TPSA) is 89.5 Å². The van der Waals surface area contributed by atoms with Crippen molar-refractivity contribution in [1.29, 1.82) is 0 Å². The van der Waals surface area contributed by atoms with Crippen molar-refractivity contribution in [2.24, 2.45) is 0 Å². The molecule has 0 spiro atoms. The highest BCUT2D eigenvalue weighted by Gasteiger charge is 2.18. The van der Waals surface area contributed by atoms with E-state index in [4.69, 9.17) is 4.98 Å². The summed E-state index contributed by atoms with van der Waals surface area (Å²) in [6.07, 6.45) is 1.85. The lowest BCUT2D eigenvalue weighted by molar-refractivity contribution is -0.384. The predicted octanol–water partition coefficient (Wildman–Crippen LogP) is 4.78. The molecule has 0 unspecified atom stereocenters. The maximum Gasteiger partial charge on any atom is 0.270 e. The predicted molar refractivity (Wildman–Crippen MR) is 111 cm³/mol. The molecule has 0 radical (unpaired) electrons. The number of carbonyl (C=O) groups is 1. The number of pyridine rings is 1. The summed E-state index contributed by atoms with van der Waals surface area (Å²) in [7, 11) is 0. The summed E-state index contributed by atoms with van der Waals surface area (Å²) in [5.74, 6) is 0.0739. The smallest absolute Gasteiger partial charge is 0.270 e. The summed E-state index contributed by atoms with van der Waals surface area (Å²) < 4.78 is 1.80. The van der Waals surface area contributed by atoms with Gasteiger partial charge in [0.2, 0.25) is 0 Å². The highest BCUT2D eigenvalue weighted by molar-refractivity contribution is 6.06. The number of nitro groups is 1. The molecular formula is C22H18N4O3. The number of nitrogens with zero attached hydrogens (tertiary/aromatic N) is 3. The number of imidazole rings is 1. The van der Waals surface area contributed by atoms with Crippen LogP contribution in [0.5, 0.6) is 0 Å². The van der Waals surface area contributed by atoms with Crippen LogP contribution in [0.4, 0.5) is 11.5 Å². The second kappa shape index (κ2) is 7.20. The SMILES string of the molecule is Cc1ccc(-c2nc3cc(C)ccn3c2NC(=O)c2cccc([N+](=O)[O-])c2)cc1. The molecule has 29 heavy (non-hydrogen) atoms. The molecule has 0 bridgehead atoms. The molecule has 0 fully saturated rings. The number of fused-ring (bicyclic) bond motifs is 1. The van der Waals surface area contributed by atoms with Gasteiger partial charge in [-0.25, -0.2) is 4.98 Å². The maximum absolute atomic E-state index is 12.9. The van der Waals surface area contributed by atoms with Gasteiger partial charge in [-0.2, -0.15) is 0 Å². The largest absolute Gasteiger partial charge is 0.306 e. The van der Waals surface area contributed by atoms with E-state index in [9.17, 15) is 14.9 Å². The first-order valence-corrected chi connectivity index (χ1v) is 9.04. The van der Waals surface area contributed by atoms with Gasteiger partial charge >= 0.3 is 0 Å². The van der Waals surface area contributed by atoms with Crippen LogP contribution in [0.15, 0.2) is 66.9 Å². The Morgan fingerprint density at radius 3 is 2.52 bits per heavy atom. The van der Waals surface area contributed by atoms with Gasteiger partial charge in [0.05, 0.1) is 4.92 Å². The summed E-state index contributed by atoms with van der Waals surface area (Å²) in [5.41, 5.74) is 4.45. The van der Waals surface area contributed by atoms with Crippen LogP contribution in [0, 0.1) is 24.0 Å². The molecule has 0 aliphatic carbocycles. The first-order chi connectivity index (χ1) is 13.9. The molecule has 4 aromatic rings. The van der Waals surface area contributed by atoms with Crippen LogP contribution in [-0.2, 0) is 0 Å². The standard InChI is InChI=1S/C22H18N4O3/c1-14-6-8-16(9-7-14)20-21(25-11-10-15(2)12-19(25)23-20)24-22(27)17-4-3-5-18(13-17)26(28)29/h3-13H,1-2H3,(H,24,27). The average Bonchev–Trinajstić information content (AvgIpc) is 3.06. The third-order valence-corrected chi connectivity index (χ3v) is 4.66. The lowest BCUT2D eigenvalue weighted by Crippen LogP contribution is -2.14. The average molecular weight is 386 g/mol. The van der Waals surface area contributed by atoms with Gasteiger partial charge in [0.15, 0.2) is 0 Å². The van der Waals surface area contributed by atoms with Crippen molar-refractivity contribution in [3.05, 3.63) is 93.7 Å². The second-order valence-electron chi connectivity index (χ2n) is 6.87. The molecule has 2 aromatic heterocycles. The van der Waals surface area contributed by atoms with Crippen molar-refractivity contribution in [1.82, 2.24) is 9.38 Å². The van der Waals surface area contributed by atoms with Crippen molar-refractivity contribution in [3.63, 3.8) is 0 Å². The van der Waals surface area contributed by atoms with E-state index in [1.54, 1.807) is 10.5 Å². The number of aryl methyl sites for hydroxylation is 2. The van der Waals surface area contributed by atoms with E-state index in [1.165, 1.54) is 18.2 Å². The van der Waals surface area contributed by atoms with Crippen molar-refractivity contribution in [2.45, 2.75) is 13.8 Å². The van der Waals surface area contributed by atoms with Gasteiger partial charge in [-0.3, -0.25) is 19.3 Å². The van der Waals surface area contributed by atoms with E-state index >= 15 is 0 Å². The van der Waals surface area contributed by atoms with Gasteiger partial charge < -0.3 is 5.32 Å². The number of non-ortho nitro benzene ring substituents is 1. The molecule has 0 saturated heterocycles. The molecule has 7 nitrogen and oxygen atoms in total. The highest BCUT2D eigenvalue weighted by Crippen LogP contribution is 2.30. The summed E-state index contributed by atoms with van der Waals surface area (Å²) in [4.78, 5) is 28.1. The van der Waals surface area contributed by atoms with Crippen LogP contribution in [0.2, 0.25) is 0 Å². The third-order valence-electron chi connectivity index (χ3n) is 4.66. The van der Waals surface area contributed by atoms with E-state index < -0.39 is 10.8 Å². The van der Waals surface area contributed by atoms with Crippen molar-refractivity contribution < 1.29 is 9.72 Å². The Labute approximate surface area is 166 Å². The Balaban J connectivity index is 1.80. The fraction of sp³-hybridized carbons (Fsp3) is 0.0909. The summed E-state index contributed by atoms with van der Waals surface area (Å²) in [5, 5.41) is 13.9. The molecule has 0 aliphatic heterocycles. The Morgan fingerprint density at radius 2 is 1.79 bits per heavy atom. The number of carbonyl (C=O) groups excluding carboxylic acids is 1. The number of benzene rings is 2. The molecule has 4 rings (SSSR count). The molecule has 0 aliphatic rings. The number of amides is 1. The molecule has 0 atom stereocenters. The maximum atomic E-state index is 12.9. The van der Waals surface area contributed by atoms with Crippen LogP contribution in [0.3, 0.4) is 0 Å². The lowest BCUT2D eigenvalue weighted by Gasteiger charge is -2.08. The zero-order valence-electron chi connectivity index (χ0n) is 15.9. The first-order valence-electron chi connectivity index (χ1n) is 9.04. The van der Waals surface area contributed by atoms with Crippen molar-refractivity contribution in [3.8, 4) is 11.3 Å². The van der Waals surface area contributed by atoms with E-state index in [-0.39, 0.29) is 11.3 Å². The molecule has 1 N–H and O–H groups in total. The van der Waals surface area contributed by atoms with Crippen LogP contribution in [0.25, 0.3) is 16.9 Å². The zero-order valence-corrected chi connectivity index (χ0v) is 15.9. The summed E-state index contributed by atoms with van der Waals surface area (Å²) >= 11 is 0. The number of anilines is 1. The first kappa shape index (κ1) is 18.4. The van der Waals surface area contributed by atoms with E-state index in [1.807, 2.05) is 56.4 Å². The van der Waals surface area contributed by atoms with Gasteiger partial charge in [0.25, 0.3) is 11.6 Å². The Morgan fingerprint density at radius 1 is 1.03 bits per heavy atom. The monoisotopic (exact) mass is 386 g/mol. The van der Waals surface area contributed by atoms with Gasteiger partial charge in [-0.15, -0.1) is 0 Å². The van der Waals surface area contributed by atoms with Crippen LogP contribution in [-0.4, -0.2) is 20.2 Å². The fourth-order valence-corrected chi connectivity index (χ4v) is 3.12. The van der Waals surface area contributed by atoms with Gasteiger partial charge in [-0.1, -0.05) is 35.9 Å².